The Morgan fingerprint density at radius 2 is 1.94 bits per heavy atom. The van der Waals surface area contributed by atoms with E-state index in [-0.39, 0.29) is 17.6 Å². The van der Waals surface area contributed by atoms with Crippen molar-refractivity contribution in [2.24, 2.45) is 0 Å². The summed E-state index contributed by atoms with van der Waals surface area (Å²) in [6.45, 7) is 2.06. The first-order valence-electron chi connectivity index (χ1n) is 5.68. The highest BCUT2D eigenvalue weighted by Gasteiger charge is 2.05. The summed E-state index contributed by atoms with van der Waals surface area (Å²) in [4.78, 5) is 22.6. The maximum absolute atomic E-state index is 11.5. The Morgan fingerprint density at radius 1 is 1.24 bits per heavy atom. The maximum atomic E-state index is 11.5. The van der Waals surface area contributed by atoms with Gasteiger partial charge in [0.15, 0.2) is 0 Å². The molecule has 0 aromatic heterocycles. The summed E-state index contributed by atoms with van der Waals surface area (Å²) in [6.07, 6.45) is 1.29. The zero-order valence-electron chi connectivity index (χ0n) is 9.94. The molecular weight excluding hydrogens is 234 g/mol. The first-order chi connectivity index (χ1) is 8.22. The van der Waals surface area contributed by atoms with E-state index in [1.165, 1.54) is 11.8 Å². The van der Waals surface area contributed by atoms with E-state index in [2.05, 4.69) is 5.32 Å². The van der Waals surface area contributed by atoms with Crippen molar-refractivity contribution in [1.29, 1.82) is 0 Å². The molecule has 4 heteroatoms. The highest BCUT2D eigenvalue weighted by molar-refractivity contribution is 8.13. The number of thioether (sulfide) groups is 1. The van der Waals surface area contributed by atoms with Crippen molar-refractivity contribution in [1.82, 2.24) is 5.32 Å². The Kier molecular flexibility index (Phi) is 6.40. The lowest BCUT2D eigenvalue weighted by molar-refractivity contribution is -0.122. The van der Waals surface area contributed by atoms with Crippen LogP contribution in [0.2, 0.25) is 0 Å². The molecule has 1 N–H and O–H groups in total. The molecule has 0 radical (unpaired) electrons. The molecular formula is C13H17NO2S. The van der Waals surface area contributed by atoms with Crippen LogP contribution in [0.25, 0.3) is 0 Å². The summed E-state index contributed by atoms with van der Waals surface area (Å²) in [5.74, 6) is 0.602. The highest BCUT2D eigenvalue weighted by atomic mass is 32.2. The molecule has 0 aliphatic carbocycles. The summed E-state index contributed by atoms with van der Waals surface area (Å²) in [5, 5.41) is 2.61. The molecule has 0 bridgehead atoms. The molecule has 17 heavy (non-hydrogen) atoms. The monoisotopic (exact) mass is 251 g/mol. The van der Waals surface area contributed by atoms with Crippen molar-refractivity contribution in [3.8, 4) is 0 Å². The second kappa shape index (κ2) is 7.90. The molecule has 0 fully saturated rings. The highest BCUT2D eigenvalue weighted by Crippen LogP contribution is 2.11. The lowest BCUT2D eigenvalue weighted by Gasteiger charge is -2.03. The SMILES string of the molecule is CCCC(=O)NCC(=O)SCc1ccccc1. The van der Waals surface area contributed by atoms with Gasteiger partial charge >= 0.3 is 0 Å². The van der Waals surface area contributed by atoms with E-state index < -0.39 is 0 Å². The molecule has 0 spiro atoms. The molecule has 1 aromatic rings. The van der Waals surface area contributed by atoms with Gasteiger partial charge in [0.2, 0.25) is 11.0 Å². The van der Waals surface area contributed by atoms with Crippen molar-refractivity contribution in [3.63, 3.8) is 0 Å². The van der Waals surface area contributed by atoms with Crippen molar-refractivity contribution >= 4 is 22.8 Å². The molecule has 0 heterocycles. The average molecular weight is 251 g/mol. The molecule has 3 nitrogen and oxygen atoms in total. The fourth-order valence-corrected chi connectivity index (χ4v) is 1.97. The van der Waals surface area contributed by atoms with Crippen LogP contribution in [-0.2, 0) is 15.3 Å². The largest absolute Gasteiger partial charge is 0.348 e. The third kappa shape index (κ3) is 6.12. The number of hydrogen-bond donors (Lipinski definition) is 1. The number of hydrogen-bond acceptors (Lipinski definition) is 3. The van der Waals surface area contributed by atoms with Crippen LogP contribution < -0.4 is 5.32 Å². The van der Waals surface area contributed by atoms with E-state index in [0.29, 0.717) is 12.2 Å². The normalized spacial score (nSPS) is 9.94. The number of rotatable bonds is 6. The van der Waals surface area contributed by atoms with E-state index in [0.717, 1.165) is 12.0 Å². The summed E-state index contributed by atoms with van der Waals surface area (Å²) >= 11 is 1.24. The van der Waals surface area contributed by atoms with Gasteiger partial charge in [0.05, 0.1) is 6.54 Å². The van der Waals surface area contributed by atoms with E-state index >= 15 is 0 Å². The third-order valence-electron chi connectivity index (χ3n) is 2.15. The minimum atomic E-state index is -0.0545. The van der Waals surface area contributed by atoms with E-state index in [9.17, 15) is 9.59 Å². The van der Waals surface area contributed by atoms with Gasteiger partial charge in [-0.05, 0) is 12.0 Å². The summed E-state index contributed by atoms with van der Waals surface area (Å²) in [6, 6.07) is 9.81. The Morgan fingerprint density at radius 3 is 2.59 bits per heavy atom. The Bertz CT molecular complexity index is 365. The minimum absolute atomic E-state index is 0.00157. The summed E-state index contributed by atoms with van der Waals surface area (Å²) in [5.41, 5.74) is 1.12. The molecule has 0 aliphatic rings. The molecule has 92 valence electrons. The maximum Gasteiger partial charge on any atom is 0.220 e. The molecule has 1 amide bonds. The van der Waals surface area contributed by atoms with Crippen LogP contribution >= 0.6 is 11.8 Å². The number of carbonyl (C=O) groups excluding carboxylic acids is 2. The van der Waals surface area contributed by atoms with Gasteiger partial charge in [-0.1, -0.05) is 49.0 Å². The first-order valence-corrected chi connectivity index (χ1v) is 6.67. The van der Waals surface area contributed by atoms with Gasteiger partial charge in [-0.15, -0.1) is 0 Å². The standard InChI is InChI=1S/C13H17NO2S/c1-2-6-12(15)14-9-13(16)17-10-11-7-4-3-5-8-11/h3-5,7-8H,2,6,9-10H2,1H3,(H,14,15). The third-order valence-corrected chi connectivity index (χ3v) is 3.09. The minimum Gasteiger partial charge on any atom is -0.348 e. The van der Waals surface area contributed by atoms with Crippen LogP contribution in [-0.4, -0.2) is 17.6 Å². The Hall–Kier alpha value is -1.29. The zero-order valence-corrected chi connectivity index (χ0v) is 10.8. The van der Waals surface area contributed by atoms with Crippen LogP contribution in [0.4, 0.5) is 0 Å². The van der Waals surface area contributed by atoms with Crippen molar-refractivity contribution in [3.05, 3.63) is 35.9 Å². The molecule has 0 saturated carbocycles. The van der Waals surface area contributed by atoms with E-state index in [1.807, 2.05) is 37.3 Å². The van der Waals surface area contributed by atoms with Crippen molar-refractivity contribution in [2.45, 2.75) is 25.5 Å². The molecule has 0 aliphatic heterocycles. The second-order valence-electron chi connectivity index (χ2n) is 3.67. The molecule has 0 unspecified atom stereocenters. The number of amides is 1. The van der Waals surface area contributed by atoms with E-state index in [4.69, 9.17) is 0 Å². The fraction of sp³-hybridized carbons (Fsp3) is 0.385. The predicted octanol–water partition coefficient (Wildman–Crippen LogP) is 2.36. The number of benzene rings is 1. The molecule has 1 aromatic carbocycles. The van der Waals surface area contributed by atoms with Crippen LogP contribution in [0.15, 0.2) is 30.3 Å². The average Bonchev–Trinajstić information content (AvgIpc) is 2.35. The fourth-order valence-electron chi connectivity index (χ4n) is 1.28. The lowest BCUT2D eigenvalue weighted by atomic mass is 10.2. The van der Waals surface area contributed by atoms with Gasteiger partial charge in [0, 0.05) is 12.2 Å². The smallest absolute Gasteiger partial charge is 0.220 e. The van der Waals surface area contributed by atoms with Crippen molar-refractivity contribution < 1.29 is 9.59 Å². The predicted molar refractivity (Wildman–Crippen MR) is 70.7 cm³/mol. The topological polar surface area (TPSA) is 46.2 Å². The zero-order chi connectivity index (χ0) is 12.5. The van der Waals surface area contributed by atoms with Crippen LogP contribution in [0.5, 0.6) is 0 Å². The van der Waals surface area contributed by atoms with E-state index in [1.54, 1.807) is 0 Å². The molecule has 0 saturated heterocycles. The molecule has 0 atom stereocenters. The number of nitrogens with one attached hydrogen (secondary N) is 1. The summed E-state index contributed by atoms with van der Waals surface area (Å²) in [7, 11) is 0. The van der Waals surface area contributed by atoms with Gasteiger partial charge in [-0.3, -0.25) is 9.59 Å². The quantitative estimate of drug-likeness (QED) is 0.844. The van der Waals surface area contributed by atoms with Gasteiger partial charge in [-0.2, -0.15) is 0 Å². The van der Waals surface area contributed by atoms with Crippen molar-refractivity contribution in [2.75, 3.05) is 6.54 Å². The summed E-state index contributed by atoms with van der Waals surface area (Å²) < 4.78 is 0. The van der Waals surface area contributed by atoms with Gasteiger partial charge in [-0.25, -0.2) is 0 Å². The first kappa shape index (κ1) is 13.8. The van der Waals surface area contributed by atoms with Crippen LogP contribution in [0.1, 0.15) is 25.3 Å². The Labute approximate surface area is 106 Å². The molecule has 1 rings (SSSR count). The van der Waals surface area contributed by atoms with Crippen LogP contribution in [0.3, 0.4) is 0 Å². The Balaban J connectivity index is 2.20. The van der Waals surface area contributed by atoms with Gasteiger partial charge in [0.1, 0.15) is 0 Å². The number of carbonyl (C=O) groups is 2. The van der Waals surface area contributed by atoms with Gasteiger partial charge < -0.3 is 5.32 Å². The van der Waals surface area contributed by atoms with Crippen LogP contribution in [0, 0.1) is 0 Å². The van der Waals surface area contributed by atoms with Gasteiger partial charge in [0.25, 0.3) is 0 Å². The second-order valence-corrected chi connectivity index (χ2v) is 4.71. The lowest BCUT2D eigenvalue weighted by Crippen LogP contribution is -2.27.